The number of ether oxygens (including phenoxy) is 2. The minimum Gasteiger partial charge on any atom is -0.490 e. The van der Waals surface area contributed by atoms with Crippen LogP contribution in [0.5, 0.6) is 5.75 Å². The minimum absolute atomic E-state index is 0.0554. The fourth-order valence-corrected chi connectivity index (χ4v) is 5.35. The van der Waals surface area contributed by atoms with Crippen LogP contribution in [-0.4, -0.2) is 65.9 Å². The average Bonchev–Trinajstić information content (AvgIpc) is 3.49. The van der Waals surface area contributed by atoms with E-state index in [0.29, 0.717) is 27.0 Å². The van der Waals surface area contributed by atoms with Gasteiger partial charge in [0.2, 0.25) is 0 Å². The molecule has 1 unspecified atom stereocenters. The molecular weight excluding hydrogens is 567 g/mol. The molecule has 1 amide bonds. The summed E-state index contributed by atoms with van der Waals surface area (Å²) in [6.07, 6.45) is 2.45. The molecule has 1 aromatic heterocycles. The Hall–Kier alpha value is -3.99. The van der Waals surface area contributed by atoms with Crippen molar-refractivity contribution in [3.05, 3.63) is 95.0 Å². The van der Waals surface area contributed by atoms with Crippen LogP contribution in [0.1, 0.15) is 5.56 Å². The van der Waals surface area contributed by atoms with Crippen molar-refractivity contribution in [2.24, 2.45) is 0 Å². The fraction of sp³-hybridized carbons (Fsp3) is 0.276. The molecule has 0 bridgehead atoms. The van der Waals surface area contributed by atoms with Gasteiger partial charge < -0.3 is 24.4 Å². The lowest BCUT2D eigenvalue weighted by atomic mass is 9.94. The van der Waals surface area contributed by atoms with Crippen molar-refractivity contribution in [3.8, 4) is 5.75 Å². The summed E-state index contributed by atoms with van der Waals surface area (Å²) < 4.78 is 12.2. The Morgan fingerprint density at radius 2 is 1.61 bits per heavy atom. The highest BCUT2D eigenvalue weighted by Gasteiger charge is 2.34. The van der Waals surface area contributed by atoms with Gasteiger partial charge in [-0.15, -0.1) is 0 Å². The van der Waals surface area contributed by atoms with E-state index in [-0.39, 0.29) is 13.2 Å². The van der Waals surface area contributed by atoms with Crippen LogP contribution in [0.15, 0.2) is 79.4 Å². The molecule has 10 nitrogen and oxygen atoms in total. The molecule has 4 aromatic rings. The van der Waals surface area contributed by atoms with Crippen molar-refractivity contribution >= 4 is 46.4 Å². The molecule has 1 aliphatic rings. The molecule has 0 saturated carbocycles. The number of methoxy groups -OCH3 is 1. The highest BCUT2D eigenvalue weighted by atomic mass is 35.5. The maximum absolute atomic E-state index is 11.7. The normalized spacial score (nSPS) is 14.8. The van der Waals surface area contributed by atoms with Gasteiger partial charge in [-0.1, -0.05) is 29.3 Å². The van der Waals surface area contributed by atoms with Crippen LogP contribution < -0.4 is 19.9 Å². The van der Waals surface area contributed by atoms with Crippen molar-refractivity contribution in [1.29, 1.82) is 0 Å². The van der Waals surface area contributed by atoms with Crippen molar-refractivity contribution < 1.29 is 19.4 Å². The first kappa shape index (κ1) is 28.5. The van der Waals surface area contributed by atoms with E-state index >= 15 is 0 Å². The molecule has 1 saturated heterocycles. The highest BCUT2D eigenvalue weighted by molar-refractivity contribution is 6.35. The Morgan fingerprint density at radius 3 is 2.17 bits per heavy atom. The molecule has 0 aliphatic carbocycles. The number of nitrogens with one attached hydrogen (secondary N) is 1. The van der Waals surface area contributed by atoms with Crippen molar-refractivity contribution in [3.63, 3.8) is 0 Å². The second-order valence-electron chi connectivity index (χ2n) is 9.67. The summed E-state index contributed by atoms with van der Waals surface area (Å²) in [5.41, 5.74) is 1.89. The van der Waals surface area contributed by atoms with Gasteiger partial charge in [0, 0.05) is 58.8 Å². The van der Waals surface area contributed by atoms with Crippen LogP contribution in [-0.2, 0) is 16.9 Å². The number of carbonyl (C=O) groups is 1. The monoisotopic (exact) mass is 596 g/mol. The molecule has 1 fully saturated rings. The van der Waals surface area contributed by atoms with Crippen LogP contribution >= 0.6 is 23.2 Å². The Balaban J connectivity index is 1.19. The van der Waals surface area contributed by atoms with E-state index in [0.717, 1.165) is 37.6 Å². The summed E-state index contributed by atoms with van der Waals surface area (Å²) in [7, 11) is 1.34. The number of nitrogens with zero attached hydrogens (tertiary/aromatic N) is 5. The molecule has 2 N–H and O–H groups in total. The standard InChI is InChI=1S/C29H30Cl2N6O4/c1-40-28(38)34-22-3-5-23(6-4-22)35-12-14-36(15-13-35)24-7-9-25(10-8-24)41-18-29(39,17-37-20-32-19-33-37)26-11-2-21(30)16-27(26)31/h2-11,16,19-20,39H,12-15,17-18H2,1H3,(H,34,38). The fourth-order valence-electron chi connectivity index (χ4n) is 4.76. The number of carbonyl (C=O) groups excluding carboxylic acids is 1. The lowest BCUT2D eigenvalue weighted by molar-refractivity contribution is -0.0269. The van der Waals surface area contributed by atoms with Crippen LogP contribution in [0, 0.1) is 0 Å². The Bertz CT molecular complexity index is 1450. The molecule has 41 heavy (non-hydrogen) atoms. The number of anilines is 3. The first-order chi connectivity index (χ1) is 19.8. The lowest BCUT2D eigenvalue weighted by Crippen LogP contribution is -2.46. The maximum Gasteiger partial charge on any atom is 0.411 e. The Kier molecular flexibility index (Phi) is 8.82. The number of benzene rings is 3. The summed E-state index contributed by atoms with van der Waals surface area (Å²) in [4.78, 5) is 20.0. The number of aromatic nitrogens is 3. The van der Waals surface area contributed by atoms with Gasteiger partial charge in [-0.05, 0) is 60.7 Å². The molecule has 2 heterocycles. The molecule has 1 atom stereocenters. The maximum atomic E-state index is 11.7. The predicted molar refractivity (Wildman–Crippen MR) is 159 cm³/mol. The lowest BCUT2D eigenvalue weighted by Gasteiger charge is -2.37. The molecule has 12 heteroatoms. The number of hydrogen-bond acceptors (Lipinski definition) is 8. The molecule has 3 aromatic carbocycles. The van der Waals surface area contributed by atoms with Gasteiger partial charge in [-0.2, -0.15) is 5.10 Å². The van der Waals surface area contributed by atoms with E-state index in [4.69, 9.17) is 27.9 Å². The van der Waals surface area contributed by atoms with Crippen LogP contribution in [0.3, 0.4) is 0 Å². The number of piperazine rings is 1. The number of hydrogen-bond donors (Lipinski definition) is 2. The first-order valence-electron chi connectivity index (χ1n) is 13.0. The molecule has 214 valence electrons. The van der Waals surface area contributed by atoms with Crippen molar-refractivity contribution in [1.82, 2.24) is 14.8 Å². The summed E-state index contributed by atoms with van der Waals surface area (Å²) in [6, 6.07) is 20.5. The van der Waals surface area contributed by atoms with Gasteiger partial charge in [0.05, 0.1) is 13.7 Å². The van der Waals surface area contributed by atoms with E-state index in [1.165, 1.54) is 24.4 Å². The van der Waals surface area contributed by atoms with E-state index in [9.17, 15) is 9.90 Å². The zero-order chi connectivity index (χ0) is 28.8. The van der Waals surface area contributed by atoms with Gasteiger partial charge in [-0.25, -0.2) is 14.5 Å². The molecular formula is C29H30Cl2N6O4. The Morgan fingerprint density at radius 1 is 0.976 bits per heavy atom. The summed E-state index contributed by atoms with van der Waals surface area (Å²) >= 11 is 12.5. The second-order valence-corrected chi connectivity index (χ2v) is 10.5. The molecule has 0 radical (unpaired) electrons. The number of halogens is 2. The zero-order valence-electron chi connectivity index (χ0n) is 22.4. The topological polar surface area (TPSA) is 105 Å². The van der Waals surface area contributed by atoms with Gasteiger partial charge in [0.1, 0.15) is 30.6 Å². The average molecular weight is 598 g/mol. The summed E-state index contributed by atoms with van der Waals surface area (Å²) in [5.74, 6) is 0.621. The van der Waals surface area contributed by atoms with Gasteiger partial charge in [0.25, 0.3) is 0 Å². The third kappa shape index (κ3) is 7.02. The minimum atomic E-state index is -1.47. The Labute approximate surface area is 248 Å². The van der Waals surface area contributed by atoms with E-state index in [2.05, 4.69) is 29.9 Å². The van der Waals surface area contributed by atoms with Gasteiger partial charge in [-0.3, -0.25) is 5.32 Å². The number of amides is 1. The van der Waals surface area contributed by atoms with E-state index in [1.54, 1.807) is 18.2 Å². The van der Waals surface area contributed by atoms with Crippen LogP contribution in [0.25, 0.3) is 0 Å². The molecule has 0 spiro atoms. The largest absolute Gasteiger partial charge is 0.490 e. The third-order valence-electron chi connectivity index (χ3n) is 6.95. The van der Waals surface area contributed by atoms with Gasteiger partial charge >= 0.3 is 6.09 Å². The second kappa shape index (κ2) is 12.7. The third-order valence-corrected chi connectivity index (χ3v) is 7.49. The van der Waals surface area contributed by atoms with E-state index in [1.807, 2.05) is 48.5 Å². The predicted octanol–water partition coefficient (Wildman–Crippen LogP) is 5.06. The zero-order valence-corrected chi connectivity index (χ0v) is 23.9. The quantitative estimate of drug-likeness (QED) is 0.276. The number of aliphatic hydroxyl groups is 1. The molecule has 5 rings (SSSR count). The SMILES string of the molecule is COC(=O)Nc1ccc(N2CCN(c3ccc(OCC(O)(Cn4cncn4)c4ccc(Cl)cc4Cl)cc3)CC2)cc1. The summed E-state index contributed by atoms with van der Waals surface area (Å²) in [6.45, 7) is 3.48. The van der Waals surface area contributed by atoms with E-state index < -0.39 is 11.7 Å². The van der Waals surface area contributed by atoms with Crippen LogP contribution in [0.2, 0.25) is 10.0 Å². The smallest absolute Gasteiger partial charge is 0.411 e. The van der Waals surface area contributed by atoms with Crippen LogP contribution in [0.4, 0.5) is 21.9 Å². The highest BCUT2D eigenvalue weighted by Crippen LogP contribution is 2.33. The summed E-state index contributed by atoms with van der Waals surface area (Å²) in [5, 5.41) is 19.3. The van der Waals surface area contributed by atoms with Gasteiger partial charge in [0.15, 0.2) is 0 Å². The molecule has 1 aliphatic heterocycles. The number of rotatable bonds is 9. The van der Waals surface area contributed by atoms with Crippen molar-refractivity contribution in [2.45, 2.75) is 12.1 Å². The van der Waals surface area contributed by atoms with Crippen molar-refractivity contribution in [2.75, 3.05) is 55.0 Å². The first-order valence-corrected chi connectivity index (χ1v) is 13.8.